The van der Waals surface area contributed by atoms with Gasteiger partial charge in [-0.3, -0.25) is 0 Å². The third-order valence-corrected chi connectivity index (χ3v) is 6.73. The maximum Gasteiger partial charge on any atom is 0.407 e. The van der Waals surface area contributed by atoms with Gasteiger partial charge in [-0.2, -0.15) is 0 Å². The van der Waals surface area contributed by atoms with Crippen molar-refractivity contribution in [3.8, 4) is 5.75 Å². The number of hydrogen-bond donors (Lipinski definition) is 3. The molecule has 0 saturated carbocycles. The van der Waals surface area contributed by atoms with E-state index < -0.39 is 18.2 Å². The first-order valence-electron chi connectivity index (χ1n) is 12.9. The molecule has 1 aliphatic rings. The highest BCUT2D eigenvalue weighted by molar-refractivity contribution is 5.67. The van der Waals surface area contributed by atoms with Crippen LogP contribution in [0.4, 0.5) is 4.79 Å². The summed E-state index contributed by atoms with van der Waals surface area (Å²) in [4.78, 5) is 12.7. The number of amides is 1. The molecule has 0 aliphatic heterocycles. The quantitative estimate of drug-likeness (QED) is 0.281. The molecule has 0 radical (unpaired) electrons. The Bertz CT molecular complexity index is 1170. The lowest BCUT2D eigenvalue weighted by Gasteiger charge is -2.26. The first-order valence-corrected chi connectivity index (χ1v) is 12.9. The number of aliphatic hydroxyl groups excluding tert-OH is 1. The Balaban J connectivity index is 1.42. The largest absolute Gasteiger partial charge is 0.497 e. The van der Waals surface area contributed by atoms with Gasteiger partial charge < -0.3 is 30.0 Å². The van der Waals surface area contributed by atoms with Crippen molar-refractivity contribution in [3.05, 3.63) is 114 Å². The van der Waals surface area contributed by atoms with E-state index in [0.717, 1.165) is 34.4 Å². The maximum atomic E-state index is 12.7. The van der Waals surface area contributed by atoms with E-state index >= 15 is 0 Å². The summed E-state index contributed by atoms with van der Waals surface area (Å²) in [7, 11) is 1.64. The van der Waals surface area contributed by atoms with Crippen LogP contribution in [0, 0.1) is 0 Å². The Morgan fingerprint density at radius 1 is 1.05 bits per heavy atom. The third kappa shape index (κ3) is 7.44. The van der Waals surface area contributed by atoms with Crippen LogP contribution >= 0.6 is 0 Å². The predicted molar refractivity (Wildman–Crippen MR) is 147 cm³/mol. The number of alkyl carbamates (subject to hydrolysis) is 1. The first kappa shape index (κ1) is 27.4. The summed E-state index contributed by atoms with van der Waals surface area (Å²) in [5.41, 5.74) is 4.09. The molecule has 3 aromatic carbocycles. The van der Waals surface area contributed by atoms with Crippen LogP contribution in [0.15, 0.2) is 91.5 Å². The van der Waals surface area contributed by atoms with Crippen LogP contribution in [0.5, 0.6) is 5.75 Å². The third-order valence-electron chi connectivity index (χ3n) is 6.73. The molecule has 7 nitrogen and oxygen atoms in total. The molecule has 4 rings (SSSR count). The highest BCUT2D eigenvalue weighted by atomic mass is 16.5. The zero-order chi connectivity index (χ0) is 26.7. The van der Waals surface area contributed by atoms with Crippen molar-refractivity contribution in [1.82, 2.24) is 10.6 Å². The van der Waals surface area contributed by atoms with E-state index in [9.17, 15) is 9.90 Å². The predicted octanol–water partition coefficient (Wildman–Crippen LogP) is 4.87. The fourth-order valence-electron chi connectivity index (χ4n) is 4.75. The standard InChI is InChI=1S/C31H36N2O5/c1-3-16-37-30-19-27(26-18-24(36-2)14-15-25(26)30)32-20-29(34)28(17-22-10-6-4-7-11-22)33-31(35)38-21-23-12-8-5-9-13-23/h3-15,18,27-30,32,34H,1,16-17,19-21H2,2H3,(H,33,35)/t27-,28+,29-,30+/m1/s1. The van der Waals surface area contributed by atoms with Crippen LogP contribution < -0.4 is 15.4 Å². The monoisotopic (exact) mass is 516 g/mol. The Hall–Kier alpha value is -3.65. The second-order valence-corrected chi connectivity index (χ2v) is 9.37. The fourth-order valence-corrected chi connectivity index (χ4v) is 4.75. The van der Waals surface area contributed by atoms with Gasteiger partial charge in [0.25, 0.3) is 0 Å². The van der Waals surface area contributed by atoms with Crippen LogP contribution in [-0.4, -0.2) is 43.6 Å². The zero-order valence-electron chi connectivity index (χ0n) is 21.7. The minimum absolute atomic E-state index is 0.0352. The Morgan fingerprint density at radius 2 is 1.76 bits per heavy atom. The average Bonchev–Trinajstić information content (AvgIpc) is 3.31. The number of ether oxygens (including phenoxy) is 3. The van der Waals surface area contributed by atoms with Crippen LogP contribution in [-0.2, 0) is 22.5 Å². The lowest BCUT2D eigenvalue weighted by atomic mass is 10.0. The maximum absolute atomic E-state index is 12.7. The Labute approximate surface area is 224 Å². The number of hydrogen-bond acceptors (Lipinski definition) is 6. The van der Waals surface area contributed by atoms with E-state index in [4.69, 9.17) is 14.2 Å². The van der Waals surface area contributed by atoms with Gasteiger partial charge in [-0.1, -0.05) is 72.8 Å². The Kier molecular flexibility index (Phi) is 9.92. The second-order valence-electron chi connectivity index (χ2n) is 9.37. The number of aliphatic hydroxyl groups is 1. The molecule has 7 heteroatoms. The smallest absolute Gasteiger partial charge is 0.407 e. The molecule has 38 heavy (non-hydrogen) atoms. The molecule has 1 aliphatic carbocycles. The van der Waals surface area contributed by atoms with Crippen LogP contribution in [0.3, 0.4) is 0 Å². The molecule has 0 heterocycles. The van der Waals surface area contributed by atoms with Crippen molar-refractivity contribution < 1.29 is 24.1 Å². The number of fused-ring (bicyclic) bond motifs is 1. The molecule has 3 aromatic rings. The molecular formula is C31H36N2O5. The van der Waals surface area contributed by atoms with Gasteiger partial charge in [0, 0.05) is 12.6 Å². The van der Waals surface area contributed by atoms with Crippen molar-refractivity contribution in [2.24, 2.45) is 0 Å². The van der Waals surface area contributed by atoms with E-state index in [-0.39, 0.29) is 25.3 Å². The summed E-state index contributed by atoms with van der Waals surface area (Å²) in [6.07, 6.45) is 1.42. The van der Waals surface area contributed by atoms with Gasteiger partial charge in [-0.15, -0.1) is 6.58 Å². The lowest BCUT2D eigenvalue weighted by molar-refractivity contribution is 0.0667. The van der Waals surface area contributed by atoms with E-state index in [2.05, 4.69) is 17.2 Å². The number of rotatable bonds is 13. The topological polar surface area (TPSA) is 89.1 Å². The molecule has 0 spiro atoms. The van der Waals surface area contributed by atoms with E-state index in [1.807, 2.05) is 78.9 Å². The van der Waals surface area contributed by atoms with Crippen LogP contribution in [0.25, 0.3) is 0 Å². The number of methoxy groups -OCH3 is 1. The summed E-state index contributed by atoms with van der Waals surface area (Å²) < 4.78 is 16.9. The van der Waals surface area contributed by atoms with E-state index in [1.54, 1.807) is 13.2 Å². The van der Waals surface area contributed by atoms with Gasteiger partial charge >= 0.3 is 6.09 Å². The molecule has 3 N–H and O–H groups in total. The summed E-state index contributed by atoms with van der Waals surface area (Å²) in [5.74, 6) is 0.769. The average molecular weight is 517 g/mol. The molecule has 0 bridgehead atoms. The highest BCUT2D eigenvalue weighted by Crippen LogP contribution is 2.42. The summed E-state index contributed by atoms with van der Waals surface area (Å²) in [6.45, 7) is 4.64. The lowest BCUT2D eigenvalue weighted by Crippen LogP contribution is -2.49. The number of carbonyl (C=O) groups is 1. The van der Waals surface area contributed by atoms with E-state index in [0.29, 0.717) is 13.0 Å². The van der Waals surface area contributed by atoms with Crippen molar-refractivity contribution in [1.29, 1.82) is 0 Å². The van der Waals surface area contributed by atoms with Crippen molar-refractivity contribution in [2.75, 3.05) is 20.3 Å². The summed E-state index contributed by atoms with van der Waals surface area (Å²) >= 11 is 0. The Morgan fingerprint density at radius 3 is 2.45 bits per heavy atom. The summed E-state index contributed by atoms with van der Waals surface area (Å²) in [5, 5.41) is 17.6. The van der Waals surface area contributed by atoms with Gasteiger partial charge in [-0.05, 0) is 47.2 Å². The van der Waals surface area contributed by atoms with Crippen LogP contribution in [0.1, 0.15) is 40.8 Å². The number of carbonyl (C=O) groups excluding carboxylic acids is 1. The number of nitrogens with one attached hydrogen (secondary N) is 2. The molecule has 0 aromatic heterocycles. The highest BCUT2D eigenvalue weighted by Gasteiger charge is 2.33. The normalized spacial score (nSPS) is 17.7. The molecule has 200 valence electrons. The molecular weight excluding hydrogens is 480 g/mol. The molecule has 0 saturated heterocycles. The van der Waals surface area contributed by atoms with Gasteiger partial charge in [-0.25, -0.2) is 4.79 Å². The minimum Gasteiger partial charge on any atom is -0.497 e. The van der Waals surface area contributed by atoms with Crippen molar-refractivity contribution in [3.63, 3.8) is 0 Å². The van der Waals surface area contributed by atoms with E-state index in [1.165, 1.54) is 0 Å². The molecule has 4 atom stereocenters. The number of benzene rings is 3. The minimum atomic E-state index is -0.860. The first-order chi connectivity index (χ1) is 18.6. The van der Waals surface area contributed by atoms with Crippen molar-refractivity contribution >= 4 is 6.09 Å². The van der Waals surface area contributed by atoms with Gasteiger partial charge in [0.15, 0.2) is 0 Å². The van der Waals surface area contributed by atoms with Gasteiger partial charge in [0.05, 0.1) is 32.0 Å². The SMILES string of the molecule is C=CCO[C@H]1C[C@@H](NC[C@@H](O)[C@H](Cc2ccccc2)NC(=O)OCc2ccccc2)c2cc(OC)ccc21. The molecule has 0 unspecified atom stereocenters. The molecule has 0 fully saturated rings. The van der Waals surface area contributed by atoms with Crippen LogP contribution in [0.2, 0.25) is 0 Å². The fraction of sp³-hybridized carbons (Fsp3) is 0.323. The second kappa shape index (κ2) is 13.8. The zero-order valence-corrected chi connectivity index (χ0v) is 21.7. The van der Waals surface area contributed by atoms with Crippen molar-refractivity contribution in [2.45, 2.75) is 43.7 Å². The van der Waals surface area contributed by atoms with Gasteiger partial charge in [0.1, 0.15) is 12.4 Å². The summed E-state index contributed by atoms with van der Waals surface area (Å²) in [6, 6.07) is 24.7. The molecule has 1 amide bonds. The van der Waals surface area contributed by atoms with Gasteiger partial charge in [0.2, 0.25) is 0 Å².